The molecule has 2 aromatic rings. The quantitative estimate of drug-likeness (QED) is 0.365. The number of allylic oxidation sites excluding steroid dienone is 2. The molecule has 3 aliphatic carbocycles. The zero-order valence-electron chi connectivity index (χ0n) is 22.8. The molecule has 2 saturated carbocycles. The van der Waals surface area contributed by atoms with E-state index < -0.39 is 0 Å². The van der Waals surface area contributed by atoms with Crippen molar-refractivity contribution in [2.45, 2.75) is 116 Å². The number of aryl methyl sites for hydroxylation is 1. The molecule has 0 aromatic heterocycles. The second-order valence-corrected chi connectivity index (χ2v) is 12.2. The standard InChI is InChI=1S/C35H47F/c1-3-5-26-8-12-28(13-9-26)29-14-16-31(17-15-29)33-22-23-34(35(36)24-33)32-20-18-30(19-21-32)27-10-6-25(4-2)7-11-27/h6-7,10-11,20,22-24,26,28-31H,3-5,8-9,12-19,21H2,1-2H3. The van der Waals surface area contributed by atoms with Gasteiger partial charge in [-0.2, -0.15) is 0 Å². The fraction of sp³-hybridized carbons (Fsp3) is 0.600. The lowest BCUT2D eigenvalue weighted by Gasteiger charge is -2.38. The molecule has 0 radical (unpaired) electrons. The predicted octanol–water partition coefficient (Wildman–Crippen LogP) is 10.6. The van der Waals surface area contributed by atoms with Gasteiger partial charge >= 0.3 is 0 Å². The summed E-state index contributed by atoms with van der Waals surface area (Å²) in [6.45, 7) is 4.53. The van der Waals surface area contributed by atoms with Gasteiger partial charge in [0.05, 0.1) is 0 Å². The molecule has 194 valence electrons. The van der Waals surface area contributed by atoms with E-state index in [2.05, 4.69) is 56.3 Å². The van der Waals surface area contributed by atoms with Gasteiger partial charge in [-0.25, -0.2) is 4.39 Å². The Morgan fingerprint density at radius 3 is 1.97 bits per heavy atom. The van der Waals surface area contributed by atoms with Gasteiger partial charge in [0.25, 0.3) is 0 Å². The number of hydrogen-bond donors (Lipinski definition) is 0. The Balaban J connectivity index is 1.15. The highest BCUT2D eigenvalue weighted by Crippen LogP contribution is 2.45. The zero-order valence-corrected chi connectivity index (χ0v) is 22.8. The highest BCUT2D eigenvalue weighted by Gasteiger charge is 2.31. The van der Waals surface area contributed by atoms with Gasteiger partial charge in [0.2, 0.25) is 0 Å². The van der Waals surface area contributed by atoms with E-state index in [1.165, 1.54) is 86.5 Å². The van der Waals surface area contributed by atoms with Crippen molar-refractivity contribution in [3.05, 3.63) is 76.6 Å². The first kappa shape index (κ1) is 25.7. The maximum absolute atomic E-state index is 15.3. The third-order valence-electron chi connectivity index (χ3n) is 10.1. The van der Waals surface area contributed by atoms with Gasteiger partial charge in [0.15, 0.2) is 0 Å². The van der Waals surface area contributed by atoms with Crippen LogP contribution < -0.4 is 0 Å². The van der Waals surface area contributed by atoms with Crippen LogP contribution in [0.1, 0.15) is 131 Å². The molecule has 0 saturated heterocycles. The van der Waals surface area contributed by atoms with Crippen LogP contribution in [0.25, 0.3) is 5.57 Å². The minimum atomic E-state index is 0.000804. The molecule has 0 heterocycles. The van der Waals surface area contributed by atoms with E-state index in [1.807, 2.05) is 6.07 Å². The Labute approximate surface area is 219 Å². The van der Waals surface area contributed by atoms with Crippen LogP contribution in [0.5, 0.6) is 0 Å². The summed E-state index contributed by atoms with van der Waals surface area (Å²) in [7, 11) is 0. The van der Waals surface area contributed by atoms with E-state index in [1.54, 1.807) is 0 Å². The molecule has 3 aliphatic rings. The largest absolute Gasteiger partial charge is 0.206 e. The van der Waals surface area contributed by atoms with Crippen molar-refractivity contribution < 1.29 is 4.39 Å². The second-order valence-electron chi connectivity index (χ2n) is 12.2. The van der Waals surface area contributed by atoms with Gasteiger partial charge in [-0.05, 0) is 122 Å². The smallest absolute Gasteiger partial charge is 0.130 e. The predicted molar refractivity (Wildman–Crippen MR) is 152 cm³/mol. The molecule has 1 heteroatoms. The maximum atomic E-state index is 15.3. The van der Waals surface area contributed by atoms with E-state index in [9.17, 15) is 0 Å². The Kier molecular flexibility index (Phi) is 8.66. The van der Waals surface area contributed by atoms with Crippen molar-refractivity contribution >= 4 is 5.57 Å². The van der Waals surface area contributed by atoms with Crippen molar-refractivity contribution in [2.75, 3.05) is 0 Å². The zero-order chi connectivity index (χ0) is 24.9. The Morgan fingerprint density at radius 1 is 0.722 bits per heavy atom. The fourth-order valence-corrected chi connectivity index (χ4v) is 7.73. The summed E-state index contributed by atoms with van der Waals surface area (Å²) in [5, 5.41) is 0. The molecular weight excluding hydrogens is 439 g/mol. The van der Waals surface area contributed by atoms with Crippen molar-refractivity contribution in [2.24, 2.45) is 17.8 Å². The highest BCUT2D eigenvalue weighted by molar-refractivity contribution is 5.67. The molecule has 0 nitrogen and oxygen atoms in total. The first-order valence-corrected chi connectivity index (χ1v) is 15.2. The molecule has 5 rings (SSSR count). The lowest BCUT2D eigenvalue weighted by molar-refractivity contribution is 0.156. The molecule has 0 N–H and O–H groups in total. The summed E-state index contributed by atoms with van der Waals surface area (Å²) in [5.74, 6) is 4.01. The topological polar surface area (TPSA) is 0 Å². The lowest BCUT2D eigenvalue weighted by Crippen LogP contribution is -2.25. The molecule has 0 aliphatic heterocycles. The van der Waals surface area contributed by atoms with Gasteiger partial charge in [-0.1, -0.05) is 82.0 Å². The van der Waals surface area contributed by atoms with Gasteiger partial charge in [0.1, 0.15) is 5.82 Å². The van der Waals surface area contributed by atoms with E-state index in [4.69, 9.17) is 0 Å². The first-order chi connectivity index (χ1) is 17.6. The molecule has 1 atom stereocenters. The molecule has 0 spiro atoms. The van der Waals surface area contributed by atoms with Gasteiger partial charge < -0.3 is 0 Å². The average molecular weight is 487 g/mol. The summed E-state index contributed by atoms with van der Waals surface area (Å²) in [6, 6.07) is 15.3. The third kappa shape index (κ3) is 5.98. The lowest BCUT2D eigenvalue weighted by atomic mass is 9.68. The van der Waals surface area contributed by atoms with Crippen LogP contribution in [0.3, 0.4) is 0 Å². The second kappa shape index (κ2) is 12.1. The number of rotatable bonds is 7. The van der Waals surface area contributed by atoms with E-state index in [0.717, 1.165) is 49.0 Å². The van der Waals surface area contributed by atoms with Crippen LogP contribution in [0.4, 0.5) is 4.39 Å². The number of benzene rings is 2. The summed E-state index contributed by atoms with van der Waals surface area (Å²) >= 11 is 0. The number of halogens is 1. The van der Waals surface area contributed by atoms with Crippen molar-refractivity contribution in [3.8, 4) is 0 Å². The molecule has 2 aromatic carbocycles. The van der Waals surface area contributed by atoms with Gasteiger partial charge in [-0.15, -0.1) is 0 Å². The molecule has 36 heavy (non-hydrogen) atoms. The Bertz CT molecular complexity index is 999. The Hall–Kier alpha value is -1.89. The van der Waals surface area contributed by atoms with Crippen LogP contribution in [-0.4, -0.2) is 0 Å². The normalized spacial score (nSPS) is 29.1. The molecule has 2 fully saturated rings. The summed E-state index contributed by atoms with van der Waals surface area (Å²) in [5.41, 5.74) is 6.13. The molecule has 1 unspecified atom stereocenters. The fourth-order valence-electron chi connectivity index (χ4n) is 7.73. The van der Waals surface area contributed by atoms with E-state index in [-0.39, 0.29) is 5.82 Å². The van der Waals surface area contributed by atoms with Crippen molar-refractivity contribution in [1.29, 1.82) is 0 Å². The monoisotopic (exact) mass is 486 g/mol. The van der Waals surface area contributed by atoms with Crippen molar-refractivity contribution in [1.82, 2.24) is 0 Å². The first-order valence-electron chi connectivity index (χ1n) is 15.2. The van der Waals surface area contributed by atoms with Crippen LogP contribution in [-0.2, 0) is 6.42 Å². The van der Waals surface area contributed by atoms with Crippen LogP contribution in [0.2, 0.25) is 0 Å². The summed E-state index contributed by atoms with van der Waals surface area (Å²) < 4.78 is 15.3. The summed E-state index contributed by atoms with van der Waals surface area (Å²) in [4.78, 5) is 0. The van der Waals surface area contributed by atoms with Crippen LogP contribution >= 0.6 is 0 Å². The third-order valence-corrected chi connectivity index (χ3v) is 10.1. The minimum Gasteiger partial charge on any atom is -0.206 e. The van der Waals surface area contributed by atoms with Gasteiger partial charge in [0, 0.05) is 5.56 Å². The van der Waals surface area contributed by atoms with Crippen molar-refractivity contribution in [3.63, 3.8) is 0 Å². The number of hydrogen-bond acceptors (Lipinski definition) is 0. The van der Waals surface area contributed by atoms with Crippen LogP contribution in [0.15, 0.2) is 48.5 Å². The molecule has 0 amide bonds. The highest BCUT2D eigenvalue weighted by atomic mass is 19.1. The maximum Gasteiger partial charge on any atom is 0.130 e. The van der Waals surface area contributed by atoms with Crippen LogP contribution in [0, 0.1) is 23.6 Å². The SMILES string of the molecule is CCCC1CCC(C2CCC(c3ccc(C4=CCC(c5ccc(CC)cc5)CC4)c(F)c3)CC2)CC1. The van der Waals surface area contributed by atoms with E-state index in [0.29, 0.717) is 11.8 Å². The Morgan fingerprint density at radius 2 is 1.39 bits per heavy atom. The molecule has 0 bridgehead atoms. The van der Waals surface area contributed by atoms with E-state index >= 15 is 4.39 Å². The summed E-state index contributed by atoms with van der Waals surface area (Å²) in [6.07, 6.45) is 20.3. The molecular formula is C35H47F. The minimum absolute atomic E-state index is 0.000804. The van der Waals surface area contributed by atoms with Gasteiger partial charge in [-0.3, -0.25) is 0 Å². The average Bonchev–Trinajstić information content (AvgIpc) is 2.94.